The lowest BCUT2D eigenvalue weighted by Gasteiger charge is -2.30. The number of hydrogen-bond acceptors (Lipinski definition) is 4. The highest BCUT2D eigenvalue weighted by Gasteiger charge is 2.38. The first-order valence-corrected chi connectivity index (χ1v) is 7.12. The van der Waals surface area contributed by atoms with E-state index in [-0.39, 0.29) is 0 Å². The molecule has 0 aromatic heterocycles. The Kier molecular flexibility index (Phi) is 3.66. The summed E-state index contributed by atoms with van der Waals surface area (Å²) in [6.45, 7) is 7.74. The van der Waals surface area contributed by atoms with E-state index in [1.165, 1.54) is 38.9 Å². The van der Waals surface area contributed by atoms with Crippen molar-refractivity contribution in [3.8, 4) is 0 Å². The lowest BCUT2D eigenvalue weighted by atomic mass is 9.86. The number of fused-ring (bicyclic) bond motifs is 2. The van der Waals surface area contributed by atoms with E-state index in [0.717, 1.165) is 38.3 Å². The molecule has 2 aliphatic heterocycles. The largest absolute Gasteiger partial charge is 0.379 e. The normalized spacial score (nSPS) is 39.7. The minimum atomic E-state index is 0.472. The molecule has 0 spiro atoms. The second kappa shape index (κ2) is 5.22. The van der Waals surface area contributed by atoms with E-state index in [4.69, 9.17) is 10.5 Å². The van der Waals surface area contributed by atoms with Crippen LogP contribution in [0, 0.1) is 5.92 Å². The van der Waals surface area contributed by atoms with E-state index in [0.29, 0.717) is 6.04 Å². The number of rotatable bonds is 3. The quantitative estimate of drug-likeness (QED) is 0.760. The third kappa shape index (κ3) is 2.65. The van der Waals surface area contributed by atoms with Crippen LogP contribution in [-0.2, 0) is 4.74 Å². The van der Waals surface area contributed by atoms with Crippen LogP contribution in [0.15, 0.2) is 0 Å². The molecule has 0 aromatic carbocycles. The van der Waals surface area contributed by atoms with E-state index in [2.05, 4.69) is 9.80 Å². The third-order valence-corrected chi connectivity index (χ3v) is 4.81. The Morgan fingerprint density at radius 3 is 2.71 bits per heavy atom. The molecule has 2 N–H and O–H groups in total. The van der Waals surface area contributed by atoms with Crippen molar-refractivity contribution < 1.29 is 4.74 Å². The van der Waals surface area contributed by atoms with Gasteiger partial charge in [-0.3, -0.25) is 9.80 Å². The van der Waals surface area contributed by atoms with Crippen LogP contribution < -0.4 is 5.73 Å². The number of ether oxygens (including phenoxy) is 1. The van der Waals surface area contributed by atoms with Gasteiger partial charge in [-0.2, -0.15) is 0 Å². The molecule has 0 amide bonds. The fourth-order valence-corrected chi connectivity index (χ4v) is 3.62. The van der Waals surface area contributed by atoms with E-state index in [1.807, 2.05) is 0 Å². The van der Waals surface area contributed by atoms with Gasteiger partial charge in [-0.25, -0.2) is 0 Å². The van der Waals surface area contributed by atoms with Gasteiger partial charge in [0, 0.05) is 44.8 Å². The van der Waals surface area contributed by atoms with E-state index >= 15 is 0 Å². The molecule has 4 nitrogen and oxygen atoms in total. The Balaban J connectivity index is 1.46. The predicted octanol–water partition coefficient (Wildman–Crippen LogP) is 0.130. The second-order valence-electron chi connectivity index (χ2n) is 5.84. The van der Waals surface area contributed by atoms with Crippen LogP contribution in [0.4, 0.5) is 0 Å². The Hall–Kier alpha value is -0.160. The monoisotopic (exact) mass is 239 g/mol. The van der Waals surface area contributed by atoms with Crippen LogP contribution in [0.5, 0.6) is 0 Å². The summed E-state index contributed by atoms with van der Waals surface area (Å²) in [6.07, 6.45) is 3.91. The summed E-state index contributed by atoms with van der Waals surface area (Å²) in [7, 11) is 0. The zero-order valence-electron chi connectivity index (χ0n) is 10.7. The zero-order valence-corrected chi connectivity index (χ0v) is 10.7. The lowest BCUT2D eigenvalue weighted by molar-refractivity contribution is 0.0326. The summed E-state index contributed by atoms with van der Waals surface area (Å²) in [4.78, 5) is 5.22. The van der Waals surface area contributed by atoms with Crippen molar-refractivity contribution >= 4 is 0 Å². The van der Waals surface area contributed by atoms with Crippen LogP contribution in [0.3, 0.4) is 0 Å². The van der Waals surface area contributed by atoms with Gasteiger partial charge in [0.1, 0.15) is 0 Å². The molecule has 3 aliphatic rings. The molecule has 3 rings (SSSR count). The Labute approximate surface area is 104 Å². The van der Waals surface area contributed by atoms with Crippen molar-refractivity contribution in [2.75, 3.05) is 45.9 Å². The van der Waals surface area contributed by atoms with Gasteiger partial charge in [0.25, 0.3) is 0 Å². The number of morpholine rings is 1. The highest BCUT2D eigenvalue weighted by molar-refractivity contribution is 4.95. The summed E-state index contributed by atoms with van der Waals surface area (Å²) in [5.74, 6) is 0.776. The van der Waals surface area contributed by atoms with Crippen LogP contribution >= 0.6 is 0 Å². The van der Waals surface area contributed by atoms with E-state index in [9.17, 15) is 0 Å². The molecule has 2 saturated heterocycles. The molecule has 1 aliphatic carbocycles. The predicted molar refractivity (Wildman–Crippen MR) is 67.9 cm³/mol. The number of nitrogens with two attached hydrogens (primary N) is 1. The summed E-state index contributed by atoms with van der Waals surface area (Å²) in [6, 6.07) is 1.31. The topological polar surface area (TPSA) is 41.7 Å². The minimum absolute atomic E-state index is 0.472. The molecular formula is C13H25N3O. The molecule has 0 aromatic rings. The minimum Gasteiger partial charge on any atom is -0.379 e. The van der Waals surface area contributed by atoms with Gasteiger partial charge in [0.05, 0.1) is 13.2 Å². The third-order valence-electron chi connectivity index (χ3n) is 4.81. The molecule has 2 bridgehead atoms. The standard InChI is InChI=1S/C13H25N3O/c14-13-2-1-12-9-11(13)10-16(12)4-3-15-5-7-17-8-6-15/h11-13H,1-10,14H2. The molecule has 2 heterocycles. The summed E-state index contributed by atoms with van der Waals surface area (Å²) >= 11 is 0. The average molecular weight is 239 g/mol. The molecule has 3 fully saturated rings. The maximum Gasteiger partial charge on any atom is 0.0594 e. The van der Waals surface area contributed by atoms with Gasteiger partial charge < -0.3 is 10.5 Å². The van der Waals surface area contributed by atoms with Crippen molar-refractivity contribution in [2.45, 2.75) is 31.3 Å². The Morgan fingerprint density at radius 1 is 1.12 bits per heavy atom. The van der Waals surface area contributed by atoms with Crippen molar-refractivity contribution in [3.63, 3.8) is 0 Å². The number of likely N-dealkylation sites (tertiary alicyclic amines) is 1. The fourth-order valence-electron chi connectivity index (χ4n) is 3.62. The summed E-state index contributed by atoms with van der Waals surface area (Å²) in [5, 5.41) is 0. The molecular weight excluding hydrogens is 214 g/mol. The van der Waals surface area contributed by atoms with E-state index < -0.39 is 0 Å². The molecule has 98 valence electrons. The first-order valence-electron chi connectivity index (χ1n) is 7.12. The summed E-state index contributed by atoms with van der Waals surface area (Å²) < 4.78 is 5.38. The highest BCUT2D eigenvalue weighted by Crippen LogP contribution is 2.34. The van der Waals surface area contributed by atoms with Gasteiger partial charge in [0.2, 0.25) is 0 Å². The first-order chi connectivity index (χ1) is 8.33. The van der Waals surface area contributed by atoms with Gasteiger partial charge in [0.15, 0.2) is 0 Å². The van der Waals surface area contributed by atoms with Crippen molar-refractivity contribution in [2.24, 2.45) is 11.7 Å². The number of hydrogen-bond donors (Lipinski definition) is 1. The highest BCUT2D eigenvalue weighted by atomic mass is 16.5. The molecule has 17 heavy (non-hydrogen) atoms. The Bertz CT molecular complexity index is 255. The van der Waals surface area contributed by atoms with Crippen LogP contribution in [-0.4, -0.2) is 67.8 Å². The van der Waals surface area contributed by atoms with Crippen molar-refractivity contribution in [1.29, 1.82) is 0 Å². The van der Waals surface area contributed by atoms with Gasteiger partial charge >= 0.3 is 0 Å². The van der Waals surface area contributed by atoms with Crippen molar-refractivity contribution in [3.05, 3.63) is 0 Å². The lowest BCUT2D eigenvalue weighted by Crippen LogP contribution is -2.42. The van der Waals surface area contributed by atoms with Crippen molar-refractivity contribution in [1.82, 2.24) is 9.80 Å². The second-order valence-corrected chi connectivity index (χ2v) is 5.84. The first kappa shape index (κ1) is 11.9. The zero-order chi connectivity index (χ0) is 11.7. The molecule has 3 atom stereocenters. The maximum absolute atomic E-state index is 6.16. The van der Waals surface area contributed by atoms with Crippen LogP contribution in [0.25, 0.3) is 0 Å². The smallest absolute Gasteiger partial charge is 0.0594 e. The summed E-state index contributed by atoms with van der Waals surface area (Å²) in [5.41, 5.74) is 6.16. The molecule has 3 unspecified atom stereocenters. The molecule has 1 saturated carbocycles. The average Bonchev–Trinajstić information content (AvgIpc) is 2.72. The van der Waals surface area contributed by atoms with Gasteiger partial charge in [-0.1, -0.05) is 0 Å². The number of nitrogens with zero attached hydrogens (tertiary/aromatic N) is 2. The van der Waals surface area contributed by atoms with Crippen LogP contribution in [0.2, 0.25) is 0 Å². The molecule has 0 radical (unpaired) electrons. The maximum atomic E-state index is 6.16. The van der Waals surface area contributed by atoms with E-state index in [1.54, 1.807) is 0 Å². The van der Waals surface area contributed by atoms with Crippen LogP contribution in [0.1, 0.15) is 19.3 Å². The van der Waals surface area contributed by atoms with Gasteiger partial charge in [-0.05, 0) is 25.2 Å². The fraction of sp³-hybridized carbons (Fsp3) is 1.00. The molecule has 4 heteroatoms. The SMILES string of the molecule is NC1CCC2CC1CN2CCN1CCOCC1. The van der Waals surface area contributed by atoms with Gasteiger partial charge in [-0.15, -0.1) is 0 Å². The Morgan fingerprint density at radius 2 is 1.94 bits per heavy atom.